The quantitative estimate of drug-likeness (QED) is 0.887. The zero-order chi connectivity index (χ0) is 14.8. The molecule has 0 bridgehead atoms. The number of carboxylic acids is 1. The van der Waals surface area contributed by atoms with Gasteiger partial charge in [-0.2, -0.15) is 0 Å². The zero-order valence-corrected chi connectivity index (χ0v) is 11.3. The molecule has 1 aliphatic rings. The van der Waals surface area contributed by atoms with Crippen molar-refractivity contribution in [3.63, 3.8) is 0 Å². The first-order valence-electron chi connectivity index (χ1n) is 6.78. The highest BCUT2D eigenvalue weighted by Gasteiger charge is 2.30. The largest absolute Gasteiger partial charge is 0.480 e. The number of anilines is 1. The van der Waals surface area contributed by atoms with Crippen LogP contribution in [0.2, 0.25) is 0 Å². The molecule has 2 N–H and O–H groups in total. The van der Waals surface area contributed by atoms with Crippen molar-refractivity contribution in [3.05, 3.63) is 58.3 Å². The van der Waals surface area contributed by atoms with Gasteiger partial charge in [-0.05, 0) is 12.0 Å². The fourth-order valence-corrected chi connectivity index (χ4v) is 2.55. The van der Waals surface area contributed by atoms with Gasteiger partial charge in [0, 0.05) is 13.0 Å². The van der Waals surface area contributed by atoms with E-state index >= 15 is 0 Å². The third-order valence-corrected chi connectivity index (χ3v) is 3.63. The molecule has 0 radical (unpaired) electrons. The third kappa shape index (κ3) is 2.52. The molecule has 2 aromatic rings. The molecule has 0 aliphatic carbocycles. The van der Waals surface area contributed by atoms with Crippen LogP contribution in [0, 0.1) is 0 Å². The van der Waals surface area contributed by atoms with Gasteiger partial charge in [-0.25, -0.2) is 9.78 Å². The first-order valence-corrected chi connectivity index (χ1v) is 6.78. The first kappa shape index (κ1) is 13.4. The van der Waals surface area contributed by atoms with E-state index in [9.17, 15) is 14.7 Å². The SMILES string of the molecule is O=C(O)[C@@H]1CCc2ncc(NCc3ccccc3)c(=O)n21. The molecule has 3 rings (SSSR count). The van der Waals surface area contributed by atoms with Crippen LogP contribution in [0.3, 0.4) is 0 Å². The second-order valence-corrected chi connectivity index (χ2v) is 5.00. The fourth-order valence-electron chi connectivity index (χ4n) is 2.55. The smallest absolute Gasteiger partial charge is 0.326 e. The summed E-state index contributed by atoms with van der Waals surface area (Å²) in [5.41, 5.74) is 1.05. The molecule has 6 nitrogen and oxygen atoms in total. The summed E-state index contributed by atoms with van der Waals surface area (Å²) in [7, 11) is 0. The third-order valence-electron chi connectivity index (χ3n) is 3.63. The summed E-state index contributed by atoms with van der Waals surface area (Å²) in [5, 5.41) is 12.2. The van der Waals surface area contributed by atoms with Gasteiger partial charge < -0.3 is 10.4 Å². The Labute approximate surface area is 121 Å². The summed E-state index contributed by atoms with van der Waals surface area (Å²) in [6.45, 7) is 0.495. The number of aliphatic carboxylic acids is 1. The van der Waals surface area contributed by atoms with Crippen molar-refractivity contribution in [2.75, 3.05) is 5.32 Å². The Balaban J connectivity index is 1.86. The second kappa shape index (κ2) is 5.40. The van der Waals surface area contributed by atoms with E-state index in [1.807, 2.05) is 30.3 Å². The fraction of sp³-hybridized carbons (Fsp3) is 0.267. The van der Waals surface area contributed by atoms with Crippen LogP contribution in [0.5, 0.6) is 0 Å². The zero-order valence-electron chi connectivity index (χ0n) is 11.3. The lowest BCUT2D eigenvalue weighted by Crippen LogP contribution is -2.30. The van der Waals surface area contributed by atoms with Crippen LogP contribution in [-0.2, 0) is 17.8 Å². The molecule has 1 aliphatic heterocycles. The van der Waals surface area contributed by atoms with Crippen molar-refractivity contribution in [2.45, 2.75) is 25.4 Å². The molecule has 0 unspecified atom stereocenters. The highest BCUT2D eigenvalue weighted by atomic mass is 16.4. The summed E-state index contributed by atoms with van der Waals surface area (Å²) in [6.07, 6.45) is 2.42. The van der Waals surface area contributed by atoms with Crippen LogP contribution in [0.1, 0.15) is 23.9 Å². The Morgan fingerprint density at radius 3 is 2.86 bits per heavy atom. The predicted octanol–water partition coefficient (Wildman–Crippen LogP) is 1.43. The van der Waals surface area contributed by atoms with Crippen molar-refractivity contribution in [1.29, 1.82) is 0 Å². The topological polar surface area (TPSA) is 84.2 Å². The van der Waals surface area contributed by atoms with E-state index in [1.165, 1.54) is 10.8 Å². The number of fused-ring (bicyclic) bond motifs is 1. The number of nitrogens with zero attached hydrogens (tertiary/aromatic N) is 2. The van der Waals surface area contributed by atoms with E-state index in [0.29, 0.717) is 30.9 Å². The number of benzene rings is 1. The van der Waals surface area contributed by atoms with Crippen LogP contribution in [0.4, 0.5) is 5.69 Å². The van der Waals surface area contributed by atoms with Gasteiger partial charge in [0.25, 0.3) is 5.56 Å². The lowest BCUT2D eigenvalue weighted by Gasteiger charge is -2.12. The van der Waals surface area contributed by atoms with Gasteiger partial charge in [-0.3, -0.25) is 9.36 Å². The summed E-state index contributed by atoms with van der Waals surface area (Å²) < 4.78 is 1.29. The van der Waals surface area contributed by atoms with Crippen molar-refractivity contribution >= 4 is 11.7 Å². The van der Waals surface area contributed by atoms with Crippen LogP contribution in [-0.4, -0.2) is 20.6 Å². The highest BCUT2D eigenvalue weighted by Crippen LogP contribution is 2.23. The molecular formula is C15H15N3O3. The molecule has 1 aromatic carbocycles. The van der Waals surface area contributed by atoms with Crippen molar-refractivity contribution in [2.24, 2.45) is 0 Å². The monoisotopic (exact) mass is 285 g/mol. The number of hydrogen-bond donors (Lipinski definition) is 2. The van der Waals surface area contributed by atoms with Gasteiger partial charge in [0.2, 0.25) is 0 Å². The Morgan fingerprint density at radius 1 is 1.38 bits per heavy atom. The molecule has 0 saturated heterocycles. The van der Waals surface area contributed by atoms with Crippen LogP contribution in [0.25, 0.3) is 0 Å². The summed E-state index contributed by atoms with van der Waals surface area (Å²) in [5.74, 6) is -0.449. The van der Waals surface area contributed by atoms with E-state index in [-0.39, 0.29) is 5.56 Å². The number of rotatable bonds is 4. The maximum absolute atomic E-state index is 12.4. The molecule has 0 saturated carbocycles. The molecule has 1 aromatic heterocycles. The average molecular weight is 285 g/mol. The molecule has 0 amide bonds. The Kier molecular flexibility index (Phi) is 3.43. The molecular weight excluding hydrogens is 270 g/mol. The minimum absolute atomic E-state index is 0.319. The number of carboxylic acid groups (broad SMARTS) is 1. The van der Waals surface area contributed by atoms with Crippen LogP contribution < -0.4 is 10.9 Å². The molecule has 2 heterocycles. The van der Waals surface area contributed by atoms with Crippen molar-refractivity contribution < 1.29 is 9.90 Å². The predicted molar refractivity (Wildman–Crippen MR) is 77.3 cm³/mol. The van der Waals surface area contributed by atoms with E-state index in [4.69, 9.17) is 0 Å². The molecule has 21 heavy (non-hydrogen) atoms. The molecule has 108 valence electrons. The van der Waals surface area contributed by atoms with Gasteiger partial charge >= 0.3 is 5.97 Å². The van der Waals surface area contributed by atoms with Gasteiger partial charge in [-0.15, -0.1) is 0 Å². The Hall–Kier alpha value is -2.63. The first-order chi connectivity index (χ1) is 10.2. The standard InChI is InChI=1S/C15H15N3O3/c19-14-11(16-8-10-4-2-1-3-5-10)9-17-13-7-6-12(15(20)21)18(13)14/h1-5,9,12,16H,6-8H2,(H,20,21)/t12-/m0/s1. The average Bonchev–Trinajstić information content (AvgIpc) is 2.93. The van der Waals surface area contributed by atoms with Crippen LogP contribution >= 0.6 is 0 Å². The van der Waals surface area contributed by atoms with Gasteiger partial charge in [0.05, 0.1) is 6.20 Å². The lowest BCUT2D eigenvalue weighted by molar-refractivity contribution is -0.140. The second-order valence-electron chi connectivity index (χ2n) is 5.00. The minimum atomic E-state index is -0.988. The number of aryl methyl sites for hydroxylation is 1. The number of hydrogen-bond acceptors (Lipinski definition) is 4. The normalized spacial score (nSPS) is 16.5. The summed E-state index contributed by atoms with van der Waals surface area (Å²) in [4.78, 5) is 27.8. The van der Waals surface area contributed by atoms with Gasteiger partial charge in [-0.1, -0.05) is 30.3 Å². The number of nitrogens with one attached hydrogen (secondary N) is 1. The Morgan fingerprint density at radius 2 is 2.14 bits per heavy atom. The minimum Gasteiger partial charge on any atom is -0.480 e. The van der Waals surface area contributed by atoms with Gasteiger partial charge in [0.15, 0.2) is 0 Å². The van der Waals surface area contributed by atoms with Crippen molar-refractivity contribution in [1.82, 2.24) is 9.55 Å². The maximum Gasteiger partial charge on any atom is 0.326 e. The van der Waals surface area contributed by atoms with Crippen LogP contribution in [0.15, 0.2) is 41.3 Å². The van der Waals surface area contributed by atoms with Gasteiger partial charge in [0.1, 0.15) is 17.6 Å². The van der Waals surface area contributed by atoms with E-state index in [2.05, 4.69) is 10.3 Å². The summed E-state index contributed by atoms with van der Waals surface area (Å²) in [6, 6.07) is 8.86. The molecule has 0 spiro atoms. The maximum atomic E-state index is 12.4. The molecule has 1 atom stereocenters. The number of aromatic nitrogens is 2. The highest BCUT2D eigenvalue weighted by molar-refractivity contribution is 5.72. The lowest BCUT2D eigenvalue weighted by atomic mass is 10.2. The molecule has 0 fully saturated rings. The molecule has 6 heteroatoms. The van der Waals surface area contributed by atoms with Crippen molar-refractivity contribution in [3.8, 4) is 0 Å². The van der Waals surface area contributed by atoms with E-state index in [1.54, 1.807) is 0 Å². The Bertz CT molecular complexity index is 725. The number of carbonyl (C=O) groups is 1. The van der Waals surface area contributed by atoms with E-state index in [0.717, 1.165) is 5.56 Å². The summed E-state index contributed by atoms with van der Waals surface area (Å²) >= 11 is 0. The van der Waals surface area contributed by atoms with E-state index < -0.39 is 12.0 Å².